The lowest BCUT2D eigenvalue weighted by Crippen LogP contribution is -2.40. The molecule has 0 aromatic heterocycles. The second kappa shape index (κ2) is 9.01. The van der Waals surface area contributed by atoms with Crippen LogP contribution in [0, 0.1) is 11.3 Å². The molecule has 0 aliphatic rings. The van der Waals surface area contributed by atoms with Crippen molar-refractivity contribution in [1.29, 1.82) is 0 Å². The van der Waals surface area contributed by atoms with Crippen LogP contribution in [0.2, 0.25) is 0 Å². The van der Waals surface area contributed by atoms with Gasteiger partial charge in [-0.25, -0.2) is 0 Å². The maximum Gasteiger partial charge on any atom is 0.0520 e. The van der Waals surface area contributed by atoms with Gasteiger partial charge in [0.2, 0.25) is 0 Å². The summed E-state index contributed by atoms with van der Waals surface area (Å²) in [5.74, 6) is 0.711. The largest absolute Gasteiger partial charge is 0.316 e. The Balaban J connectivity index is 4.27. The minimum Gasteiger partial charge on any atom is -0.316 e. The Morgan fingerprint density at radius 1 is 0.900 bits per heavy atom. The highest BCUT2D eigenvalue weighted by molar-refractivity contribution is 4.79. The standard InChI is InChI=1S/C17H39N3/c1-13(2)20(14(3)4)12-11-17(6,7)15(5)9-8-10-16(18)19/h13-16H,8-12,18-19H2,1-7H3/i20+2. The van der Waals surface area contributed by atoms with E-state index in [2.05, 4.69) is 53.4 Å². The molecule has 0 amide bonds. The van der Waals surface area contributed by atoms with Gasteiger partial charge in [0.15, 0.2) is 0 Å². The van der Waals surface area contributed by atoms with Crippen molar-refractivity contribution in [3.8, 4) is 0 Å². The lowest BCUT2D eigenvalue weighted by atomic mass is 9.75. The highest BCUT2D eigenvalue weighted by Gasteiger charge is 2.27. The molecule has 4 N–H and O–H groups in total. The highest BCUT2D eigenvalue weighted by atomic mass is 16.7. The summed E-state index contributed by atoms with van der Waals surface area (Å²) in [6, 6.07) is 1.24. The fourth-order valence-electron chi connectivity index (χ4n) is 2.83. The molecule has 0 aromatic rings. The van der Waals surface area contributed by atoms with E-state index in [1.165, 1.54) is 19.4 Å². The SMILES string of the molecule is CC(C)[16N](CCC(C)(C)C(C)CCCC(N)N)C(C)C. The molecule has 0 saturated heterocycles. The maximum atomic E-state index is 5.62. The Morgan fingerprint density at radius 2 is 1.40 bits per heavy atom. The summed E-state index contributed by atoms with van der Waals surface area (Å²) in [6.07, 6.45) is 4.40. The number of hydrogen-bond acceptors (Lipinski definition) is 3. The molecule has 1 atom stereocenters. The Hall–Kier alpha value is -0.120. The normalized spacial score (nSPS) is 14.8. The molecule has 1 unspecified atom stereocenters. The number of rotatable bonds is 10. The zero-order chi connectivity index (χ0) is 15.9. The second-order valence-electron chi connectivity index (χ2n) is 7.66. The molecule has 0 saturated carbocycles. The van der Waals surface area contributed by atoms with Crippen LogP contribution in [-0.2, 0) is 0 Å². The van der Waals surface area contributed by atoms with Gasteiger partial charge in [0.25, 0.3) is 0 Å². The average Bonchev–Trinajstić information content (AvgIpc) is 2.27. The first kappa shape index (κ1) is 19.9. The molecular weight excluding hydrogens is 248 g/mol. The van der Waals surface area contributed by atoms with Crippen LogP contribution in [0.15, 0.2) is 0 Å². The van der Waals surface area contributed by atoms with E-state index < -0.39 is 0 Å². The molecule has 20 heavy (non-hydrogen) atoms. The molecule has 0 heterocycles. The van der Waals surface area contributed by atoms with Crippen molar-refractivity contribution in [2.45, 2.75) is 92.4 Å². The summed E-state index contributed by atoms with van der Waals surface area (Å²) in [6.45, 7) is 17.5. The Kier molecular flexibility index (Phi) is 8.96. The average molecular weight is 288 g/mol. The fraction of sp³-hybridized carbons (Fsp3) is 1.00. The summed E-state index contributed by atoms with van der Waals surface area (Å²) in [5, 5.41) is 0. The van der Waals surface area contributed by atoms with Gasteiger partial charge in [0.05, 0.1) is 6.17 Å². The van der Waals surface area contributed by atoms with Gasteiger partial charge >= 0.3 is 0 Å². The predicted molar refractivity (Wildman–Crippen MR) is 90.6 cm³/mol. The van der Waals surface area contributed by atoms with Crippen LogP contribution >= 0.6 is 0 Å². The maximum absolute atomic E-state index is 5.62. The van der Waals surface area contributed by atoms with E-state index in [4.69, 9.17) is 11.5 Å². The molecule has 0 aliphatic heterocycles. The van der Waals surface area contributed by atoms with Crippen LogP contribution in [0.25, 0.3) is 0 Å². The molecule has 0 radical (unpaired) electrons. The third-order valence-corrected chi connectivity index (χ3v) is 4.85. The van der Waals surface area contributed by atoms with E-state index in [0.29, 0.717) is 23.4 Å². The van der Waals surface area contributed by atoms with E-state index in [1.54, 1.807) is 0 Å². The van der Waals surface area contributed by atoms with Gasteiger partial charge in [0.1, 0.15) is 0 Å². The molecule has 3 nitrogen and oxygen atoms in total. The smallest absolute Gasteiger partial charge is 0.0520 e. The van der Waals surface area contributed by atoms with Gasteiger partial charge in [-0.15, -0.1) is 0 Å². The third kappa shape index (κ3) is 7.61. The van der Waals surface area contributed by atoms with Crippen molar-refractivity contribution in [2.24, 2.45) is 22.8 Å². The minimum atomic E-state index is -0.150. The molecule has 0 rings (SSSR count). The van der Waals surface area contributed by atoms with Crippen LogP contribution in [0.4, 0.5) is 0 Å². The topological polar surface area (TPSA) is 55.3 Å². The molecule has 122 valence electrons. The Bertz CT molecular complexity index is 239. The summed E-state index contributed by atoms with van der Waals surface area (Å²) in [5.41, 5.74) is 11.6. The van der Waals surface area contributed by atoms with Crippen molar-refractivity contribution >= 4 is 0 Å². The molecule has 0 fully saturated rings. The van der Waals surface area contributed by atoms with Gasteiger partial charge in [-0.3, -0.25) is 4.90 Å². The van der Waals surface area contributed by atoms with E-state index >= 15 is 0 Å². The molecular formula is C17H39N3. The summed E-state index contributed by atoms with van der Waals surface area (Å²) in [7, 11) is 0. The zero-order valence-corrected chi connectivity index (χ0v) is 14.9. The molecule has 3 heteroatoms. The summed E-state index contributed by atoms with van der Waals surface area (Å²) in [4.78, 5) is 2.59. The van der Waals surface area contributed by atoms with Crippen molar-refractivity contribution < 1.29 is 0 Å². The molecule has 0 aromatic carbocycles. The van der Waals surface area contributed by atoms with Crippen LogP contribution < -0.4 is 11.5 Å². The first-order chi connectivity index (χ1) is 9.08. The number of hydrogen-bond donors (Lipinski definition) is 2. The van der Waals surface area contributed by atoms with Crippen molar-refractivity contribution in [2.75, 3.05) is 6.54 Å². The van der Waals surface area contributed by atoms with Crippen LogP contribution in [-0.4, -0.2) is 29.7 Å². The number of nitrogens with zero attached hydrogens (tertiary/aromatic N) is 1. The number of nitrogens with two attached hydrogens (primary N) is 2. The van der Waals surface area contributed by atoms with E-state index in [1.807, 2.05) is 0 Å². The Labute approximate surface area is 127 Å². The third-order valence-electron chi connectivity index (χ3n) is 4.85. The van der Waals surface area contributed by atoms with E-state index in [-0.39, 0.29) is 6.17 Å². The summed E-state index contributed by atoms with van der Waals surface area (Å²) < 4.78 is 0. The van der Waals surface area contributed by atoms with E-state index in [0.717, 1.165) is 12.8 Å². The predicted octanol–water partition coefficient (Wildman–Crippen LogP) is 3.57. The summed E-state index contributed by atoms with van der Waals surface area (Å²) >= 11 is 0. The van der Waals surface area contributed by atoms with Gasteiger partial charge in [-0.2, -0.15) is 0 Å². The Morgan fingerprint density at radius 3 is 1.80 bits per heavy atom. The quantitative estimate of drug-likeness (QED) is 0.604. The first-order valence-electron chi connectivity index (χ1n) is 8.34. The molecule has 0 aliphatic carbocycles. The second-order valence-corrected chi connectivity index (χ2v) is 7.66. The van der Waals surface area contributed by atoms with Crippen molar-refractivity contribution in [3.63, 3.8) is 0 Å². The minimum absolute atomic E-state index is 0.150. The van der Waals surface area contributed by atoms with Crippen molar-refractivity contribution in [3.05, 3.63) is 0 Å². The van der Waals surface area contributed by atoms with Crippen LogP contribution in [0.1, 0.15) is 74.1 Å². The monoisotopic (exact) mass is 287 g/mol. The lowest BCUT2D eigenvalue weighted by Gasteiger charge is -2.37. The first-order valence-corrected chi connectivity index (χ1v) is 8.34. The molecule has 0 spiro atoms. The van der Waals surface area contributed by atoms with E-state index in [9.17, 15) is 0 Å². The van der Waals surface area contributed by atoms with Gasteiger partial charge in [0, 0.05) is 12.1 Å². The molecule has 0 bridgehead atoms. The van der Waals surface area contributed by atoms with Gasteiger partial charge in [-0.05, 0) is 58.4 Å². The van der Waals surface area contributed by atoms with Gasteiger partial charge in [-0.1, -0.05) is 33.6 Å². The van der Waals surface area contributed by atoms with Crippen molar-refractivity contribution in [1.82, 2.24) is 4.90 Å². The van der Waals surface area contributed by atoms with Crippen LogP contribution in [0.3, 0.4) is 0 Å². The zero-order valence-electron chi connectivity index (χ0n) is 14.9. The lowest BCUT2D eigenvalue weighted by molar-refractivity contribution is 0.117. The van der Waals surface area contributed by atoms with Crippen LogP contribution in [0.5, 0.6) is 0 Å². The van der Waals surface area contributed by atoms with Gasteiger partial charge < -0.3 is 11.5 Å². The highest BCUT2D eigenvalue weighted by Crippen LogP contribution is 2.34. The fourth-order valence-corrected chi connectivity index (χ4v) is 2.83.